The lowest BCUT2D eigenvalue weighted by Gasteiger charge is -2.39. The summed E-state index contributed by atoms with van der Waals surface area (Å²) in [6, 6.07) is 10.3. The lowest BCUT2D eigenvalue weighted by Crippen LogP contribution is -2.60. The zero-order valence-electron chi connectivity index (χ0n) is 26.2. The molecule has 4 aliphatic heterocycles. The van der Waals surface area contributed by atoms with Gasteiger partial charge in [0.1, 0.15) is 48.8 Å². The second-order valence-corrected chi connectivity index (χ2v) is 12.3. The van der Waals surface area contributed by atoms with E-state index in [2.05, 4.69) is 0 Å². The summed E-state index contributed by atoms with van der Waals surface area (Å²) in [7, 11) is 2.90. The van der Waals surface area contributed by atoms with E-state index < -0.39 is 74.6 Å². The first-order chi connectivity index (χ1) is 23.1. The topological polar surface area (TPSA) is 236 Å². The highest BCUT2D eigenvalue weighted by molar-refractivity contribution is 5.46. The van der Waals surface area contributed by atoms with Crippen LogP contribution in [0.3, 0.4) is 0 Å². The summed E-state index contributed by atoms with van der Waals surface area (Å²) in [4.78, 5) is 0. The number of benzene rings is 2. The Bertz CT molecular complexity index is 1290. The van der Waals surface area contributed by atoms with Crippen LogP contribution in [0.2, 0.25) is 0 Å². The largest absolute Gasteiger partial charge is 0.493 e. The van der Waals surface area contributed by atoms with Gasteiger partial charge >= 0.3 is 0 Å². The van der Waals surface area contributed by atoms with Crippen molar-refractivity contribution in [3.05, 3.63) is 47.5 Å². The Labute approximate surface area is 275 Å². The summed E-state index contributed by atoms with van der Waals surface area (Å²) < 4.78 is 46.1. The van der Waals surface area contributed by atoms with Crippen molar-refractivity contribution >= 4 is 0 Å². The number of rotatable bonds is 10. The monoisotopic (exact) mass is 682 g/mol. The molecule has 4 heterocycles. The molecule has 2 aromatic carbocycles. The standard InChI is InChI=1S/C32H42O16/c1-41-19-7-13(3-5-17(19)45-31-27(39)25(37)23(35)21(9-33)47-31)29-15-11-44-30(16(15)12-43-29)14-4-6-18(20(8-14)42-2)46-32-28(40)26(38)24(36)22(10-34)48-32/h3-8,15-16,21-40H,9-12H2,1-2H3/t15-,16-,21+,22+,23-,24-,25-,26-,27+,28+,29+,30+,31+,32+/m0/s1. The molecule has 48 heavy (non-hydrogen) atoms. The Morgan fingerprint density at radius 2 is 0.958 bits per heavy atom. The van der Waals surface area contributed by atoms with Gasteiger partial charge in [-0.3, -0.25) is 0 Å². The summed E-state index contributed by atoms with van der Waals surface area (Å²) >= 11 is 0. The Morgan fingerprint density at radius 1 is 0.562 bits per heavy atom. The molecule has 266 valence electrons. The van der Waals surface area contributed by atoms with Crippen LogP contribution in [0, 0.1) is 11.8 Å². The van der Waals surface area contributed by atoms with Crippen LogP contribution >= 0.6 is 0 Å². The summed E-state index contributed by atoms with van der Waals surface area (Å²) in [6.07, 6.45) is -15.0. The molecular weight excluding hydrogens is 640 g/mol. The summed E-state index contributed by atoms with van der Waals surface area (Å²) in [5.41, 5.74) is 1.59. The average molecular weight is 683 g/mol. The van der Waals surface area contributed by atoms with E-state index in [9.17, 15) is 40.9 Å². The molecule has 2 aromatic rings. The quantitative estimate of drug-likeness (QED) is 0.137. The van der Waals surface area contributed by atoms with E-state index in [1.807, 2.05) is 0 Å². The normalized spacial score (nSPS) is 39.5. The molecule has 8 N–H and O–H groups in total. The van der Waals surface area contributed by atoms with Gasteiger partial charge in [-0.25, -0.2) is 0 Å². The fourth-order valence-corrected chi connectivity index (χ4v) is 6.73. The van der Waals surface area contributed by atoms with E-state index in [4.69, 9.17) is 37.9 Å². The predicted molar refractivity (Wildman–Crippen MR) is 159 cm³/mol. The van der Waals surface area contributed by atoms with E-state index in [0.29, 0.717) is 24.7 Å². The third kappa shape index (κ3) is 6.44. The maximum absolute atomic E-state index is 10.4. The van der Waals surface area contributed by atoms with Gasteiger partial charge in [0.2, 0.25) is 12.6 Å². The summed E-state index contributed by atoms with van der Waals surface area (Å²) in [5.74, 6) is 0.997. The van der Waals surface area contributed by atoms with Gasteiger partial charge in [-0.15, -0.1) is 0 Å². The number of ether oxygens (including phenoxy) is 8. The highest BCUT2D eigenvalue weighted by atomic mass is 16.7. The SMILES string of the molecule is COc1cc([C@H]2OC[C@H]3[C@@H]2CO[C@@H]3c2ccc(O[C@@H]3O[C@H](CO)[C@H](O)[C@H](O)[C@H]3O)c(OC)c2)ccc1O[C@@H]1O[C@H](CO)[C@H](O)[C@H](O)[C@H]1O. The molecule has 14 atom stereocenters. The highest BCUT2D eigenvalue weighted by Crippen LogP contribution is 2.52. The van der Waals surface area contributed by atoms with Crippen molar-refractivity contribution in [2.45, 2.75) is 73.6 Å². The van der Waals surface area contributed by atoms with Crippen LogP contribution in [0.5, 0.6) is 23.0 Å². The van der Waals surface area contributed by atoms with Crippen molar-refractivity contribution in [1.82, 2.24) is 0 Å². The van der Waals surface area contributed by atoms with Gasteiger partial charge in [0.15, 0.2) is 23.0 Å². The minimum atomic E-state index is -1.59. The molecule has 0 bridgehead atoms. The van der Waals surface area contributed by atoms with Gasteiger partial charge in [-0.1, -0.05) is 12.1 Å². The fraction of sp³-hybridized carbons (Fsp3) is 0.625. The first kappa shape index (κ1) is 35.0. The minimum Gasteiger partial charge on any atom is -0.493 e. The molecule has 0 radical (unpaired) electrons. The van der Waals surface area contributed by atoms with Crippen LogP contribution in [-0.2, 0) is 18.9 Å². The Hall–Kier alpha value is -2.84. The van der Waals surface area contributed by atoms with Crippen LogP contribution in [0.25, 0.3) is 0 Å². The van der Waals surface area contributed by atoms with E-state index in [0.717, 1.165) is 11.1 Å². The van der Waals surface area contributed by atoms with Gasteiger partial charge in [0.05, 0.1) is 52.9 Å². The van der Waals surface area contributed by atoms with Crippen molar-refractivity contribution in [2.24, 2.45) is 11.8 Å². The van der Waals surface area contributed by atoms with Gasteiger partial charge in [-0.2, -0.15) is 0 Å². The number of aliphatic hydroxyl groups excluding tert-OH is 8. The Morgan fingerprint density at radius 3 is 1.31 bits per heavy atom. The number of hydrogen-bond acceptors (Lipinski definition) is 16. The molecule has 4 fully saturated rings. The molecule has 16 nitrogen and oxygen atoms in total. The Balaban J connectivity index is 1.14. The Kier molecular flexibility index (Phi) is 10.6. The number of aliphatic hydroxyl groups is 8. The summed E-state index contributed by atoms with van der Waals surface area (Å²) in [5, 5.41) is 80.1. The van der Waals surface area contributed by atoms with Crippen LogP contribution in [0.15, 0.2) is 36.4 Å². The number of hydrogen-bond donors (Lipinski definition) is 8. The average Bonchev–Trinajstić information content (AvgIpc) is 3.72. The number of methoxy groups -OCH3 is 2. The zero-order chi connectivity index (χ0) is 34.3. The smallest absolute Gasteiger partial charge is 0.229 e. The van der Waals surface area contributed by atoms with E-state index in [1.165, 1.54) is 14.2 Å². The second-order valence-electron chi connectivity index (χ2n) is 12.3. The molecule has 4 aliphatic rings. The highest BCUT2D eigenvalue weighted by Gasteiger charge is 2.49. The maximum Gasteiger partial charge on any atom is 0.229 e. The molecule has 0 saturated carbocycles. The molecule has 6 rings (SSSR count). The van der Waals surface area contributed by atoms with Crippen molar-refractivity contribution < 1.29 is 78.7 Å². The van der Waals surface area contributed by atoms with E-state index >= 15 is 0 Å². The molecule has 0 unspecified atom stereocenters. The number of fused-ring (bicyclic) bond motifs is 1. The van der Waals surface area contributed by atoms with Gasteiger partial charge in [0, 0.05) is 11.8 Å². The second kappa shape index (κ2) is 14.6. The van der Waals surface area contributed by atoms with Crippen molar-refractivity contribution in [2.75, 3.05) is 40.6 Å². The van der Waals surface area contributed by atoms with Crippen molar-refractivity contribution in [3.63, 3.8) is 0 Å². The molecule has 4 saturated heterocycles. The van der Waals surface area contributed by atoms with Crippen LogP contribution < -0.4 is 18.9 Å². The molecule has 0 spiro atoms. The summed E-state index contributed by atoms with van der Waals surface area (Å²) in [6.45, 7) is -0.371. The van der Waals surface area contributed by atoms with E-state index in [1.54, 1.807) is 36.4 Å². The van der Waals surface area contributed by atoms with Crippen molar-refractivity contribution in [3.8, 4) is 23.0 Å². The van der Waals surface area contributed by atoms with Gasteiger partial charge in [-0.05, 0) is 35.4 Å². The molecular formula is C32H42O16. The maximum atomic E-state index is 10.4. The van der Waals surface area contributed by atoms with Crippen LogP contribution in [0.1, 0.15) is 23.3 Å². The first-order valence-corrected chi connectivity index (χ1v) is 15.6. The van der Waals surface area contributed by atoms with Crippen molar-refractivity contribution in [1.29, 1.82) is 0 Å². The molecule has 0 aliphatic carbocycles. The third-order valence-corrected chi connectivity index (χ3v) is 9.48. The molecule has 16 heteroatoms. The first-order valence-electron chi connectivity index (χ1n) is 15.6. The predicted octanol–water partition coefficient (Wildman–Crippen LogP) is -1.86. The van der Waals surface area contributed by atoms with E-state index in [-0.39, 0.29) is 35.5 Å². The third-order valence-electron chi connectivity index (χ3n) is 9.48. The lowest BCUT2D eigenvalue weighted by atomic mass is 9.85. The molecule has 0 aromatic heterocycles. The lowest BCUT2D eigenvalue weighted by molar-refractivity contribution is -0.277. The fourth-order valence-electron chi connectivity index (χ4n) is 6.73. The minimum absolute atomic E-state index is 0.0204. The van der Waals surface area contributed by atoms with Crippen LogP contribution in [-0.4, -0.2) is 143 Å². The van der Waals surface area contributed by atoms with Gasteiger partial charge < -0.3 is 78.7 Å². The van der Waals surface area contributed by atoms with Gasteiger partial charge in [0.25, 0.3) is 0 Å². The van der Waals surface area contributed by atoms with Crippen LogP contribution in [0.4, 0.5) is 0 Å². The molecule has 0 amide bonds. The zero-order valence-corrected chi connectivity index (χ0v) is 26.2.